The van der Waals surface area contributed by atoms with Crippen molar-refractivity contribution in [3.05, 3.63) is 60.3 Å². The number of anilines is 3. The summed E-state index contributed by atoms with van der Waals surface area (Å²) < 4.78 is 13.5. The molecule has 3 aromatic rings. The molecule has 0 unspecified atom stereocenters. The fraction of sp³-hybridized carbons (Fsp3) is 0.333. The summed E-state index contributed by atoms with van der Waals surface area (Å²) in [4.78, 5) is 25.1. The molecule has 0 spiro atoms. The SMILES string of the molecule is C=CC(=O)Nc1cc(NCN=C/C(C#N)=C(\N=C)c2cn(C3CC3)c3c(OC)cccc23)c(OC)cc1N(C)CCN(C)C. The Balaban J connectivity index is 1.62. The van der Waals surface area contributed by atoms with Gasteiger partial charge in [0.25, 0.3) is 0 Å². The number of carbonyl (C=O) groups excluding carboxylic acids is 1. The lowest BCUT2D eigenvalue weighted by Gasteiger charge is -2.26. The Labute approximate surface area is 258 Å². The molecule has 0 bridgehead atoms. The molecular formula is C33H40N8O3. The summed E-state index contributed by atoms with van der Waals surface area (Å²) in [5.74, 6) is 1.03. The highest BCUT2D eigenvalue weighted by Gasteiger charge is 2.28. The summed E-state index contributed by atoms with van der Waals surface area (Å²) in [6.45, 7) is 9.03. The van der Waals surface area contributed by atoms with E-state index in [0.717, 1.165) is 53.8 Å². The van der Waals surface area contributed by atoms with Crippen LogP contribution in [0.15, 0.2) is 64.7 Å². The van der Waals surface area contributed by atoms with Crippen LogP contribution in [0, 0.1) is 11.3 Å². The molecule has 230 valence electrons. The Morgan fingerprint density at radius 3 is 2.52 bits per heavy atom. The smallest absolute Gasteiger partial charge is 0.247 e. The number of hydrogen-bond donors (Lipinski definition) is 2. The Hall–Kier alpha value is -5.08. The first-order valence-corrected chi connectivity index (χ1v) is 14.3. The molecule has 0 saturated heterocycles. The number of aromatic nitrogens is 1. The lowest BCUT2D eigenvalue weighted by atomic mass is 10.1. The minimum Gasteiger partial charge on any atom is -0.495 e. The number of para-hydroxylation sites is 1. The van der Waals surface area contributed by atoms with Crippen molar-refractivity contribution in [2.45, 2.75) is 18.9 Å². The monoisotopic (exact) mass is 596 g/mol. The maximum atomic E-state index is 12.2. The maximum Gasteiger partial charge on any atom is 0.247 e. The van der Waals surface area contributed by atoms with Gasteiger partial charge in [-0.2, -0.15) is 5.26 Å². The summed E-state index contributed by atoms with van der Waals surface area (Å²) in [5, 5.41) is 17.1. The largest absolute Gasteiger partial charge is 0.495 e. The zero-order valence-electron chi connectivity index (χ0n) is 26.1. The lowest BCUT2D eigenvalue weighted by Crippen LogP contribution is -2.29. The van der Waals surface area contributed by atoms with Gasteiger partial charge in [0.05, 0.1) is 48.1 Å². The summed E-state index contributed by atoms with van der Waals surface area (Å²) in [7, 11) is 9.21. The highest BCUT2D eigenvalue weighted by atomic mass is 16.5. The van der Waals surface area contributed by atoms with Crippen LogP contribution in [-0.4, -0.2) is 83.4 Å². The highest BCUT2D eigenvalue weighted by molar-refractivity contribution is 6.04. The van der Waals surface area contributed by atoms with Crippen molar-refractivity contribution in [3.63, 3.8) is 0 Å². The number of methoxy groups -OCH3 is 2. The molecule has 0 radical (unpaired) electrons. The van der Waals surface area contributed by atoms with Crippen molar-refractivity contribution in [3.8, 4) is 17.6 Å². The van der Waals surface area contributed by atoms with Crippen molar-refractivity contribution in [1.29, 1.82) is 5.26 Å². The van der Waals surface area contributed by atoms with Gasteiger partial charge in [-0.1, -0.05) is 18.7 Å². The number of allylic oxidation sites excluding steroid dienone is 1. The Bertz CT molecular complexity index is 1640. The zero-order chi connectivity index (χ0) is 31.8. The van der Waals surface area contributed by atoms with Crippen LogP contribution in [0.1, 0.15) is 24.4 Å². The second kappa shape index (κ2) is 14.4. The third kappa shape index (κ3) is 7.10. The molecule has 44 heavy (non-hydrogen) atoms. The van der Waals surface area contributed by atoms with Crippen LogP contribution >= 0.6 is 0 Å². The average Bonchev–Trinajstić information content (AvgIpc) is 3.81. The first-order chi connectivity index (χ1) is 21.3. The maximum absolute atomic E-state index is 12.2. The topological polar surface area (TPSA) is 120 Å². The van der Waals surface area contributed by atoms with Crippen molar-refractivity contribution in [2.24, 2.45) is 9.98 Å². The van der Waals surface area contributed by atoms with Crippen molar-refractivity contribution in [2.75, 3.05) is 70.7 Å². The highest BCUT2D eigenvalue weighted by Crippen LogP contribution is 2.43. The summed E-state index contributed by atoms with van der Waals surface area (Å²) in [6, 6.07) is 12.2. The first kappa shape index (κ1) is 31.8. The van der Waals surface area contributed by atoms with E-state index in [1.165, 1.54) is 12.3 Å². The predicted octanol–water partition coefficient (Wildman–Crippen LogP) is 5.19. The van der Waals surface area contributed by atoms with Crippen molar-refractivity contribution in [1.82, 2.24) is 9.47 Å². The molecule has 11 heteroatoms. The van der Waals surface area contributed by atoms with Gasteiger partial charge in [-0.25, -0.2) is 0 Å². The third-order valence-corrected chi connectivity index (χ3v) is 7.40. The van der Waals surface area contributed by atoms with E-state index in [1.807, 2.05) is 56.5 Å². The van der Waals surface area contributed by atoms with Crippen LogP contribution in [0.4, 0.5) is 17.1 Å². The quantitative estimate of drug-likeness (QED) is 0.141. The molecule has 11 nitrogen and oxygen atoms in total. The summed E-state index contributed by atoms with van der Waals surface area (Å²) in [5.41, 5.74) is 4.53. The standard InChI is InChI=1S/C33H40N8O3/c1-8-31(42)38-26-16-27(30(44-7)17-28(26)40(5)15-14-39(3)4)37-21-36-19-22(18-34)32(35-2)25-20-41(23-12-13-23)33-24(25)10-9-11-29(33)43-6/h8-11,16-17,19-20,23,37H,1-2,12-15,21H2,3-7H3,(H,38,42)/b32-22-,36-19?. The van der Waals surface area contributed by atoms with E-state index in [4.69, 9.17) is 9.47 Å². The number of aliphatic imine (C=N–C) groups is 2. The molecule has 0 aliphatic heterocycles. The molecule has 1 aliphatic carbocycles. The van der Waals surface area contributed by atoms with E-state index < -0.39 is 0 Å². The Kier molecular flexibility index (Phi) is 10.4. The van der Waals surface area contributed by atoms with E-state index in [0.29, 0.717) is 28.9 Å². The van der Waals surface area contributed by atoms with Crippen LogP contribution in [0.2, 0.25) is 0 Å². The third-order valence-electron chi connectivity index (χ3n) is 7.40. The molecule has 0 atom stereocenters. The minimum absolute atomic E-state index is 0.133. The first-order valence-electron chi connectivity index (χ1n) is 14.3. The van der Waals surface area contributed by atoms with Gasteiger partial charge in [-0.05, 0) is 51.9 Å². The molecule has 1 fully saturated rings. The van der Waals surface area contributed by atoms with Crippen molar-refractivity contribution < 1.29 is 14.3 Å². The fourth-order valence-corrected chi connectivity index (χ4v) is 4.95. The van der Waals surface area contributed by atoms with Gasteiger partial charge >= 0.3 is 0 Å². The Morgan fingerprint density at radius 1 is 1.16 bits per heavy atom. The van der Waals surface area contributed by atoms with E-state index in [9.17, 15) is 10.1 Å². The number of likely N-dealkylation sites (N-methyl/N-ethyl adjacent to an activating group) is 2. The van der Waals surface area contributed by atoms with Gasteiger partial charge in [0.15, 0.2) is 0 Å². The molecule has 1 saturated carbocycles. The molecule has 2 aromatic carbocycles. The second-order valence-electron chi connectivity index (χ2n) is 10.7. The van der Waals surface area contributed by atoms with Gasteiger partial charge in [0.1, 0.15) is 24.2 Å². The number of nitriles is 1. The van der Waals surface area contributed by atoms with Crippen LogP contribution < -0.4 is 25.0 Å². The average molecular weight is 597 g/mol. The number of rotatable bonds is 15. The number of fused-ring (bicyclic) bond motifs is 1. The fourth-order valence-electron chi connectivity index (χ4n) is 4.95. The number of carbonyl (C=O) groups is 1. The zero-order valence-corrected chi connectivity index (χ0v) is 26.1. The molecule has 1 aromatic heterocycles. The number of benzene rings is 2. The minimum atomic E-state index is -0.324. The van der Waals surface area contributed by atoms with Gasteiger partial charge in [0.2, 0.25) is 5.91 Å². The summed E-state index contributed by atoms with van der Waals surface area (Å²) in [6.07, 6.45) is 6.93. The van der Waals surface area contributed by atoms with Gasteiger partial charge < -0.3 is 34.5 Å². The number of ether oxygens (including phenoxy) is 2. The summed E-state index contributed by atoms with van der Waals surface area (Å²) >= 11 is 0. The number of nitrogens with one attached hydrogen (secondary N) is 2. The molecule has 1 amide bonds. The van der Waals surface area contributed by atoms with E-state index in [-0.39, 0.29) is 18.1 Å². The number of amides is 1. The van der Waals surface area contributed by atoms with E-state index in [2.05, 4.69) is 49.5 Å². The van der Waals surface area contributed by atoms with E-state index in [1.54, 1.807) is 20.3 Å². The predicted molar refractivity (Wildman–Crippen MR) is 179 cm³/mol. The lowest BCUT2D eigenvalue weighted by molar-refractivity contribution is -0.111. The molecule has 4 rings (SSSR count). The van der Waals surface area contributed by atoms with E-state index >= 15 is 0 Å². The molecule has 1 heterocycles. The van der Waals surface area contributed by atoms with Crippen LogP contribution in [0.3, 0.4) is 0 Å². The number of hydrogen-bond acceptors (Lipinski definition) is 9. The van der Waals surface area contributed by atoms with Crippen LogP contribution in [-0.2, 0) is 4.79 Å². The second-order valence-corrected chi connectivity index (χ2v) is 10.7. The van der Waals surface area contributed by atoms with Crippen molar-refractivity contribution >= 4 is 52.5 Å². The molecular weight excluding hydrogens is 556 g/mol. The molecule has 1 aliphatic rings. The Morgan fingerprint density at radius 2 is 1.91 bits per heavy atom. The molecule has 2 N–H and O–H groups in total. The van der Waals surface area contributed by atoms with Crippen LogP contribution in [0.5, 0.6) is 11.5 Å². The van der Waals surface area contributed by atoms with Gasteiger partial charge in [-0.3, -0.25) is 14.8 Å². The van der Waals surface area contributed by atoms with Crippen LogP contribution in [0.25, 0.3) is 16.6 Å². The van der Waals surface area contributed by atoms with Gasteiger partial charge in [-0.15, -0.1) is 0 Å². The normalized spacial score (nSPS) is 13.4. The number of nitrogens with zero attached hydrogens (tertiary/aromatic N) is 6. The van der Waals surface area contributed by atoms with Gasteiger partial charge in [0, 0.05) is 55.6 Å².